The van der Waals surface area contributed by atoms with Gasteiger partial charge in [0.1, 0.15) is 10.8 Å². The lowest BCUT2D eigenvalue weighted by atomic mass is 9.74. The summed E-state index contributed by atoms with van der Waals surface area (Å²) in [5.74, 6) is -8.86. The maximum atomic E-state index is 15.7. The molecule has 0 spiro atoms. The Morgan fingerprint density at radius 1 is 0.333 bits per heavy atom. The van der Waals surface area contributed by atoms with Crippen LogP contribution in [0, 0.1) is 6.92 Å². The summed E-state index contributed by atoms with van der Waals surface area (Å²) < 4.78 is 137. The Balaban J connectivity index is 0.904. The molecule has 0 N–H and O–H groups in total. The Hall–Kier alpha value is -9.53. The smallest absolute Gasteiger partial charge is 0.277 e. The number of halogens is 9. The molecule has 11 rings (SSSR count). The third-order valence-corrected chi connectivity index (χ3v) is 15.7. The summed E-state index contributed by atoms with van der Waals surface area (Å²) in [6, 6.07) is 26.3. The molecule has 0 aromatic heterocycles. The van der Waals surface area contributed by atoms with Crippen LogP contribution >= 0.6 is 0 Å². The Kier molecular flexibility index (Phi) is 11.9. The first-order chi connectivity index (χ1) is 37.9. The second-order valence-corrected chi connectivity index (χ2v) is 20.4. The predicted octanol–water partition coefficient (Wildman–Crippen LogP) is 12.0. The van der Waals surface area contributed by atoms with Crippen molar-refractivity contribution in [3.05, 3.63) is 229 Å². The van der Waals surface area contributed by atoms with Gasteiger partial charge in [-0.15, -0.1) is 0 Å². The van der Waals surface area contributed by atoms with Crippen molar-refractivity contribution in [3.63, 3.8) is 0 Å². The van der Waals surface area contributed by atoms with Crippen LogP contribution in [0.3, 0.4) is 0 Å². The van der Waals surface area contributed by atoms with Gasteiger partial charge in [-0.1, -0.05) is 66.2 Å². The first-order valence-electron chi connectivity index (χ1n) is 24.5. The summed E-state index contributed by atoms with van der Waals surface area (Å²) in [6.07, 6.45) is -15.2. The van der Waals surface area contributed by atoms with Crippen molar-refractivity contribution >= 4 is 64.3 Å². The third kappa shape index (κ3) is 8.06. The number of benzene rings is 7. The van der Waals surface area contributed by atoms with Gasteiger partial charge >= 0.3 is 18.5 Å². The Morgan fingerprint density at radius 3 is 0.975 bits per heavy atom. The van der Waals surface area contributed by atoms with Gasteiger partial charge in [0.15, 0.2) is 0 Å². The molecule has 408 valence electrons. The van der Waals surface area contributed by atoms with Gasteiger partial charge in [0.2, 0.25) is 0 Å². The number of amides is 8. The second-order valence-electron chi connectivity index (χ2n) is 20.4. The SMILES string of the molecule is Cc1ccc(Cc2ccc(N3C(=O)c4ccc(C(C)(c5ccc6c(c5)C(=O)N(c5cc(N7C(=O)c8ccc(C(C)(c9ccc%10c(c9)C(=O)N(C)C%10=O)C(F)(F)F)cc8C7=O)cc(C(F)(F)F)c5)C6=O)C(F)(F)F)cc4C3=O)cc2)cc1. The second kappa shape index (κ2) is 18.0. The number of rotatable bonds is 9. The van der Waals surface area contributed by atoms with E-state index in [1.165, 1.54) is 12.1 Å². The summed E-state index contributed by atoms with van der Waals surface area (Å²) in [5.41, 5.74) is -12.5. The number of carbonyl (C=O) groups excluding carboxylic acids is 8. The summed E-state index contributed by atoms with van der Waals surface area (Å²) in [6.45, 7) is 3.39. The molecule has 7 aromatic rings. The van der Waals surface area contributed by atoms with Gasteiger partial charge < -0.3 is 0 Å². The maximum Gasteiger partial charge on any atom is 0.416 e. The molecule has 0 saturated carbocycles. The Labute approximate surface area is 452 Å². The molecule has 4 aliphatic heterocycles. The molecule has 8 amide bonds. The van der Waals surface area contributed by atoms with Gasteiger partial charge in [-0.2, -0.15) is 39.5 Å². The minimum Gasteiger partial charge on any atom is -0.277 e. The molecular formula is C60H37F9N4O8. The van der Waals surface area contributed by atoms with Crippen molar-refractivity contribution in [2.45, 2.75) is 56.6 Å². The van der Waals surface area contributed by atoms with Crippen molar-refractivity contribution in [3.8, 4) is 0 Å². The van der Waals surface area contributed by atoms with E-state index in [0.29, 0.717) is 42.5 Å². The van der Waals surface area contributed by atoms with Crippen molar-refractivity contribution in [1.29, 1.82) is 0 Å². The van der Waals surface area contributed by atoms with E-state index in [-0.39, 0.29) is 37.7 Å². The van der Waals surface area contributed by atoms with Crippen LogP contribution in [-0.4, -0.2) is 71.6 Å². The highest BCUT2D eigenvalue weighted by atomic mass is 19.4. The fourth-order valence-corrected chi connectivity index (χ4v) is 10.7. The zero-order valence-electron chi connectivity index (χ0n) is 42.4. The number of anilines is 3. The van der Waals surface area contributed by atoms with Gasteiger partial charge in [0, 0.05) is 7.05 Å². The standard InChI is InChI=1S/C60H37F9N4O8/c1-29-5-7-30(8-6-29)21-31-9-15-37(16-10-31)71-50(76)41-18-12-33(25-45(41)53(71)79)57(3,60(67,68)69)35-14-20-43-47(27-35)55(81)73(52(43)78)39-23-36(58(61,62)63)22-38(28-39)72-51(77)42-19-13-34(26-46(42)54(72)80)56(2,59(64,65)66)32-11-17-40-44(24-32)49(75)70(4)48(40)74/h5-20,22-28H,21H2,1-4H3. The van der Waals surface area contributed by atoms with Gasteiger partial charge in [0.25, 0.3) is 47.3 Å². The molecule has 4 aliphatic rings. The summed E-state index contributed by atoms with van der Waals surface area (Å²) in [7, 11) is 1.14. The molecule has 7 aromatic carbocycles. The highest BCUT2D eigenvalue weighted by Gasteiger charge is 2.57. The number of carbonyl (C=O) groups is 8. The molecule has 0 fully saturated rings. The Bertz CT molecular complexity index is 4020. The molecule has 0 radical (unpaired) electrons. The summed E-state index contributed by atoms with van der Waals surface area (Å²) in [4.78, 5) is 111. The monoisotopic (exact) mass is 1110 g/mol. The van der Waals surface area contributed by atoms with Gasteiger partial charge in [-0.25, -0.2) is 14.7 Å². The van der Waals surface area contributed by atoms with Crippen LogP contribution in [-0.2, 0) is 23.4 Å². The molecule has 2 unspecified atom stereocenters. The van der Waals surface area contributed by atoms with Crippen LogP contribution in [0.25, 0.3) is 0 Å². The predicted molar refractivity (Wildman–Crippen MR) is 273 cm³/mol. The highest BCUT2D eigenvalue weighted by molar-refractivity contribution is 6.37. The zero-order valence-corrected chi connectivity index (χ0v) is 42.4. The van der Waals surface area contributed by atoms with E-state index in [1.807, 2.05) is 31.2 Å². The highest BCUT2D eigenvalue weighted by Crippen LogP contribution is 2.51. The lowest BCUT2D eigenvalue weighted by Crippen LogP contribution is -2.41. The fraction of sp³-hybridized carbons (Fsp3) is 0.167. The van der Waals surface area contributed by atoms with Crippen LogP contribution < -0.4 is 14.7 Å². The van der Waals surface area contributed by atoms with E-state index in [2.05, 4.69) is 0 Å². The van der Waals surface area contributed by atoms with Crippen molar-refractivity contribution < 1.29 is 77.9 Å². The molecule has 0 saturated heterocycles. The molecule has 21 heteroatoms. The van der Waals surface area contributed by atoms with Crippen LogP contribution in [0.15, 0.2) is 140 Å². The van der Waals surface area contributed by atoms with Gasteiger partial charge in [0.05, 0.1) is 67.1 Å². The Morgan fingerprint density at radius 2 is 0.630 bits per heavy atom. The average Bonchev–Trinajstić information content (AvgIpc) is 3.95. The number of nitrogens with zero attached hydrogens (tertiary/aromatic N) is 4. The number of hydrogen-bond donors (Lipinski definition) is 0. The molecule has 0 bridgehead atoms. The molecule has 12 nitrogen and oxygen atoms in total. The molecule has 4 heterocycles. The van der Waals surface area contributed by atoms with Crippen LogP contribution in [0.4, 0.5) is 56.6 Å². The van der Waals surface area contributed by atoms with E-state index >= 15 is 26.3 Å². The largest absolute Gasteiger partial charge is 0.416 e. The molecule has 81 heavy (non-hydrogen) atoms. The van der Waals surface area contributed by atoms with Gasteiger partial charge in [-0.05, 0) is 139 Å². The van der Waals surface area contributed by atoms with E-state index < -0.39 is 138 Å². The van der Waals surface area contributed by atoms with Crippen molar-refractivity contribution in [2.24, 2.45) is 0 Å². The molecular weight excluding hydrogens is 1080 g/mol. The fourth-order valence-electron chi connectivity index (χ4n) is 10.7. The van der Waals surface area contributed by atoms with E-state index in [0.717, 1.165) is 102 Å². The quantitative estimate of drug-likeness (QED) is 0.102. The van der Waals surface area contributed by atoms with Crippen LogP contribution in [0.5, 0.6) is 0 Å². The number of alkyl halides is 9. The van der Waals surface area contributed by atoms with E-state index in [9.17, 15) is 51.5 Å². The first kappa shape index (κ1) is 53.5. The van der Waals surface area contributed by atoms with Crippen LogP contribution in [0.1, 0.15) is 141 Å². The molecule has 2 atom stereocenters. The molecule has 0 aliphatic carbocycles. The normalized spacial score (nSPS) is 16.8. The lowest BCUT2D eigenvalue weighted by Gasteiger charge is -2.33. The van der Waals surface area contributed by atoms with Gasteiger partial charge in [-0.3, -0.25) is 43.3 Å². The van der Waals surface area contributed by atoms with Crippen molar-refractivity contribution in [2.75, 3.05) is 21.7 Å². The number of hydrogen-bond acceptors (Lipinski definition) is 8. The maximum absolute atomic E-state index is 15.7. The number of fused-ring (bicyclic) bond motifs is 4. The van der Waals surface area contributed by atoms with Crippen molar-refractivity contribution in [1.82, 2.24) is 4.90 Å². The third-order valence-electron chi connectivity index (χ3n) is 15.7. The number of aryl methyl sites for hydroxylation is 1. The minimum absolute atomic E-state index is 0.154. The van der Waals surface area contributed by atoms with Crippen LogP contribution in [0.2, 0.25) is 0 Å². The first-order valence-corrected chi connectivity index (χ1v) is 24.5. The summed E-state index contributed by atoms with van der Waals surface area (Å²) in [5, 5.41) is 0. The van der Waals surface area contributed by atoms with E-state index in [1.54, 1.807) is 12.1 Å². The number of imide groups is 4. The zero-order chi connectivity index (χ0) is 58.4. The topological polar surface area (TPSA) is 150 Å². The summed E-state index contributed by atoms with van der Waals surface area (Å²) >= 11 is 0. The lowest BCUT2D eigenvalue weighted by molar-refractivity contribution is -0.173. The minimum atomic E-state index is -5.33. The van der Waals surface area contributed by atoms with E-state index in [4.69, 9.17) is 0 Å². The average molecular weight is 1110 g/mol.